The van der Waals surface area contributed by atoms with Crippen molar-refractivity contribution in [3.8, 4) is 0 Å². The minimum atomic E-state index is -0.796. The molecule has 1 aliphatic heterocycles. The molecule has 1 saturated heterocycles. The van der Waals surface area contributed by atoms with Gasteiger partial charge in [0.05, 0.1) is 0 Å². The molecule has 5 fully saturated rings. The van der Waals surface area contributed by atoms with Gasteiger partial charge in [0, 0.05) is 18.5 Å². The van der Waals surface area contributed by atoms with Crippen molar-refractivity contribution in [3.63, 3.8) is 0 Å². The maximum absolute atomic E-state index is 13.3. The first-order chi connectivity index (χ1) is 13.8. The van der Waals surface area contributed by atoms with Gasteiger partial charge in [-0.25, -0.2) is 9.59 Å². The molecule has 4 amide bonds. The van der Waals surface area contributed by atoms with E-state index in [1.165, 1.54) is 19.3 Å². The Morgan fingerprint density at radius 3 is 2.21 bits per heavy atom. The van der Waals surface area contributed by atoms with Gasteiger partial charge in [-0.1, -0.05) is 13.8 Å². The van der Waals surface area contributed by atoms with E-state index in [4.69, 9.17) is 4.74 Å². The summed E-state index contributed by atoms with van der Waals surface area (Å²) < 4.78 is 5.18. The monoisotopic (exact) mass is 405 g/mol. The van der Waals surface area contributed by atoms with Crippen molar-refractivity contribution >= 4 is 23.8 Å². The standard InChI is InChI=1S/C21H31N3O5/c1-12(2)17(18(26)29-11-16(25)24-4-3-22-20(24)28)23-19(27)21-8-13-5-14(9-21)7-15(6-13)10-21/h12-15,17H,3-11H2,1-2H3,(H,22,28)(H,23,27)/t13?,14?,15?,17-,21?/m0/s1. The molecule has 5 rings (SSSR count). The third-order valence-corrected chi connectivity index (χ3v) is 7.22. The van der Waals surface area contributed by atoms with Gasteiger partial charge >= 0.3 is 12.0 Å². The van der Waals surface area contributed by atoms with Gasteiger partial charge in [-0.3, -0.25) is 14.5 Å². The molecule has 4 saturated carbocycles. The van der Waals surface area contributed by atoms with Crippen molar-refractivity contribution in [2.24, 2.45) is 29.1 Å². The molecular formula is C21H31N3O5. The van der Waals surface area contributed by atoms with E-state index in [0.717, 1.165) is 24.2 Å². The van der Waals surface area contributed by atoms with Crippen molar-refractivity contribution in [1.29, 1.82) is 0 Å². The molecule has 0 spiro atoms. The summed E-state index contributed by atoms with van der Waals surface area (Å²) in [6.45, 7) is 3.87. The number of hydrogen-bond donors (Lipinski definition) is 2. The number of ether oxygens (including phenoxy) is 1. The van der Waals surface area contributed by atoms with E-state index in [1.54, 1.807) is 0 Å². The second-order valence-corrected chi connectivity index (χ2v) is 9.78. The average molecular weight is 405 g/mol. The minimum Gasteiger partial charge on any atom is -0.454 e. The topological polar surface area (TPSA) is 105 Å². The number of amides is 4. The SMILES string of the molecule is CC(C)[C@H](NC(=O)C12CC3CC(CC(C3)C1)C2)C(=O)OCC(=O)N1CCNC1=O. The third kappa shape index (κ3) is 3.85. The summed E-state index contributed by atoms with van der Waals surface area (Å²) >= 11 is 0. The summed E-state index contributed by atoms with van der Waals surface area (Å²) in [7, 11) is 0. The van der Waals surface area contributed by atoms with Crippen molar-refractivity contribution < 1.29 is 23.9 Å². The number of carbonyl (C=O) groups is 4. The van der Waals surface area contributed by atoms with Gasteiger partial charge in [-0.15, -0.1) is 0 Å². The van der Waals surface area contributed by atoms with E-state index in [9.17, 15) is 19.2 Å². The van der Waals surface area contributed by atoms with Crippen molar-refractivity contribution in [2.75, 3.05) is 19.7 Å². The zero-order valence-corrected chi connectivity index (χ0v) is 17.2. The molecule has 29 heavy (non-hydrogen) atoms. The Kier molecular flexibility index (Phi) is 5.29. The Hall–Kier alpha value is -2.12. The highest BCUT2D eigenvalue weighted by Gasteiger charge is 2.55. The summed E-state index contributed by atoms with van der Waals surface area (Å²) in [4.78, 5) is 50.6. The van der Waals surface area contributed by atoms with Gasteiger partial charge in [0.15, 0.2) is 6.61 Å². The molecule has 4 bridgehead atoms. The molecule has 1 heterocycles. The van der Waals surface area contributed by atoms with Crippen LogP contribution in [0.3, 0.4) is 0 Å². The highest BCUT2D eigenvalue weighted by molar-refractivity contribution is 5.97. The van der Waals surface area contributed by atoms with E-state index in [2.05, 4.69) is 10.6 Å². The quantitative estimate of drug-likeness (QED) is 0.651. The fraction of sp³-hybridized carbons (Fsp3) is 0.810. The molecule has 0 aromatic carbocycles. The predicted molar refractivity (Wildman–Crippen MR) is 103 cm³/mol. The summed E-state index contributed by atoms with van der Waals surface area (Å²) in [6.07, 6.45) is 6.50. The van der Waals surface area contributed by atoms with Crippen molar-refractivity contribution in [2.45, 2.75) is 58.4 Å². The number of imide groups is 1. The van der Waals surface area contributed by atoms with Crippen LogP contribution in [0.5, 0.6) is 0 Å². The van der Waals surface area contributed by atoms with Gasteiger partial charge in [0.25, 0.3) is 5.91 Å². The van der Waals surface area contributed by atoms with Crippen LogP contribution in [0, 0.1) is 29.1 Å². The van der Waals surface area contributed by atoms with E-state index in [0.29, 0.717) is 24.3 Å². The third-order valence-electron chi connectivity index (χ3n) is 7.22. The number of carbonyl (C=O) groups excluding carboxylic acids is 4. The minimum absolute atomic E-state index is 0.0301. The van der Waals surface area contributed by atoms with Gasteiger partial charge < -0.3 is 15.4 Å². The molecule has 5 aliphatic rings. The van der Waals surface area contributed by atoms with Gasteiger partial charge in [-0.05, 0) is 62.2 Å². The molecular weight excluding hydrogens is 374 g/mol. The summed E-state index contributed by atoms with van der Waals surface area (Å²) in [6, 6.07) is -1.27. The fourth-order valence-electron chi connectivity index (χ4n) is 6.19. The summed E-state index contributed by atoms with van der Waals surface area (Å²) in [5, 5.41) is 5.49. The zero-order chi connectivity index (χ0) is 20.8. The van der Waals surface area contributed by atoms with Crippen LogP contribution in [0.2, 0.25) is 0 Å². The maximum atomic E-state index is 13.3. The second kappa shape index (κ2) is 7.61. The fourth-order valence-corrected chi connectivity index (χ4v) is 6.19. The smallest absolute Gasteiger partial charge is 0.329 e. The predicted octanol–water partition coefficient (Wildman–Crippen LogP) is 1.44. The first-order valence-electron chi connectivity index (χ1n) is 10.8. The lowest BCUT2D eigenvalue weighted by atomic mass is 9.49. The van der Waals surface area contributed by atoms with Crippen LogP contribution in [0.1, 0.15) is 52.4 Å². The summed E-state index contributed by atoms with van der Waals surface area (Å²) in [5.74, 6) is 0.555. The van der Waals surface area contributed by atoms with E-state index >= 15 is 0 Å². The van der Waals surface area contributed by atoms with Gasteiger partial charge in [-0.2, -0.15) is 0 Å². The number of nitrogens with one attached hydrogen (secondary N) is 2. The number of hydrogen-bond acceptors (Lipinski definition) is 5. The number of urea groups is 1. The van der Waals surface area contributed by atoms with Crippen LogP contribution in [0.4, 0.5) is 4.79 Å². The van der Waals surface area contributed by atoms with E-state index < -0.39 is 30.6 Å². The molecule has 0 aromatic heterocycles. The van der Waals surface area contributed by atoms with Gasteiger partial charge in [0.2, 0.25) is 5.91 Å². The molecule has 4 aliphatic carbocycles. The highest BCUT2D eigenvalue weighted by atomic mass is 16.5. The van der Waals surface area contributed by atoms with E-state index in [-0.39, 0.29) is 23.8 Å². The summed E-state index contributed by atoms with van der Waals surface area (Å²) in [5.41, 5.74) is -0.342. The van der Waals surface area contributed by atoms with Crippen LogP contribution in [0.15, 0.2) is 0 Å². The Morgan fingerprint density at radius 2 is 1.72 bits per heavy atom. The molecule has 2 N–H and O–H groups in total. The van der Waals surface area contributed by atoms with Crippen LogP contribution in [-0.2, 0) is 19.1 Å². The van der Waals surface area contributed by atoms with Gasteiger partial charge in [0.1, 0.15) is 6.04 Å². The molecule has 0 radical (unpaired) electrons. The van der Waals surface area contributed by atoms with Crippen molar-refractivity contribution in [1.82, 2.24) is 15.5 Å². The first kappa shape index (κ1) is 20.2. The molecule has 160 valence electrons. The number of nitrogens with zero attached hydrogens (tertiary/aromatic N) is 1. The molecule has 0 aromatic rings. The van der Waals surface area contributed by atoms with Crippen LogP contribution in [-0.4, -0.2) is 54.5 Å². The highest BCUT2D eigenvalue weighted by Crippen LogP contribution is 2.60. The van der Waals surface area contributed by atoms with Crippen LogP contribution >= 0.6 is 0 Å². The maximum Gasteiger partial charge on any atom is 0.329 e. The largest absolute Gasteiger partial charge is 0.454 e. The first-order valence-corrected chi connectivity index (χ1v) is 10.8. The Morgan fingerprint density at radius 1 is 1.14 bits per heavy atom. The average Bonchev–Trinajstić information content (AvgIpc) is 3.08. The Bertz CT molecular complexity index is 684. The molecule has 0 unspecified atom stereocenters. The van der Waals surface area contributed by atoms with Crippen LogP contribution < -0.4 is 10.6 Å². The lowest BCUT2D eigenvalue weighted by Gasteiger charge is -2.55. The lowest BCUT2D eigenvalue weighted by molar-refractivity contribution is -0.158. The lowest BCUT2D eigenvalue weighted by Crippen LogP contribution is -2.57. The molecule has 8 nitrogen and oxygen atoms in total. The normalized spacial score (nSPS) is 33.6. The molecule has 8 heteroatoms. The number of esters is 1. The second-order valence-electron chi connectivity index (χ2n) is 9.78. The van der Waals surface area contributed by atoms with Crippen molar-refractivity contribution in [3.05, 3.63) is 0 Å². The Balaban J connectivity index is 1.36. The molecule has 1 atom stereocenters. The zero-order valence-electron chi connectivity index (χ0n) is 17.2. The van der Waals surface area contributed by atoms with Crippen LogP contribution in [0.25, 0.3) is 0 Å². The Labute approximate surface area is 171 Å². The number of rotatable bonds is 6. The van der Waals surface area contributed by atoms with E-state index in [1.807, 2.05) is 13.8 Å².